The van der Waals surface area contributed by atoms with E-state index in [4.69, 9.17) is 4.74 Å². The summed E-state index contributed by atoms with van der Waals surface area (Å²) in [5.41, 5.74) is 1.08. The lowest BCUT2D eigenvalue weighted by Crippen LogP contribution is -2.32. The average Bonchev–Trinajstić information content (AvgIpc) is 2.03. The lowest BCUT2D eigenvalue weighted by Gasteiger charge is -2.19. The topological polar surface area (TPSA) is 38.3 Å². The molecule has 0 bridgehead atoms. The molecule has 0 heterocycles. The summed E-state index contributed by atoms with van der Waals surface area (Å²) in [4.78, 5) is 10.8. The van der Waals surface area contributed by atoms with Gasteiger partial charge in [0.15, 0.2) is 0 Å². The number of hydrogen-bond donors (Lipinski definition) is 1. The standard InChI is InChI=1S/C10H15NO2/c1-7-6-9(11-8(2)12)4-5-10(7)13-3/h5-6,9H,4H2,1-3H3,(H,11,12). The summed E-state index contributed by atoms with van der Waals surface area (Å²) >= 11 is 0. The number of amides is 1. The molecule has 0 spiro atoms. The van der Waals surface area contributed by atoms with Crippen molar-refractivity contribution in [2.45, 2.75) is 26.3 Å². The van der Waals surface area contributed by atoms with E-state index in [-0.39, 0.29) is 11.9 Å². The highest BCUT2D eigenvalue weighted by molar-refractivity contribution is 5.73. The molecular weight excluding hydrogens is 166 g/mol. The zero-order chi connectivity index (χ0) is 9.84. The molecule has 0 aromatic carbocycles. The third-order valence-electron chi connectivity index (χ3n) is 2.01. The predicted molar refractivity (Wildman–Crippen MR) is 51.1 cm³/mol. The molecule has 3 nitrogen and oxygen atoms in total. The van der Waals surface area contributed by atoms with E-state index in [2.05, 4.69) is 5.32 Å². The third-order valence-corrected chi connectivity index (χ3v) is 2.01. The van der Waals surface area contributed by atoms with E-state index in [1.54, 1.807) is 7.11 Å². The lowest BCUT2D eigenvalue weighted by molar-refractivity contribution is -0.119. The van der Waals surface area contributed by atoms with Gasteiger partial charge in [0.05, 0.1) is 13.2 Å². The van der Waals surface area contributed by atoms with Crippen LogP contribution in [0.1, 0.15) is 20.3 Å². The molecule has 0 fully saturated rings. The minimum Gasteiger partial charge on any atom is -0.497 e. The van der Waals surface area contributed by atoms with E-state index in [1.165, 1.54) is 6.92 Å². The molecule has 1 amide bonds. The van der Waals surface area contributed by atoms with Crippen molar-refractivity contribution in [1.29, 1.82) is 0 Å². The van der Waals surface area contributed by atoms with E-state index >= 15 is 0 Å². The lowest BCUT2D eigenvalue weighted by atomic mass is 10.0. The maximum atomic E-state index is 10.8. The smallest absolute Gasteiger partial charge is 0.217 e. The van der Waals surface area contributed by atoms with Gasteiger partial charge >= 0.3 is 0 Å². The molecule has 0 aromatic rings. The number of ether oxygens (including phenoxy) is 1. The van der Waals surface area contributed by atoms with Crippen molar-refractivity contribution in [3.05, 3.63) is 23.5 Å². The number of carbonyl (C=O) groups is 1. The second-order valence-corrected chi connectivity index (χ2v) is 3.16. The van der Waals surface area contributed by atoms with E-state index < -0.39 is 0 Å². The van der Waals surface area contributed by atoms with Crippen LogP contribution in [0.15, 0.2) is 23.5 Å². The Labute approximate surface area is 78.5 Å². The summed E-state index contributed by atoms with van der Waals surface area (Å²) in [5, 5.41) is 2.84. The summed E-state index contributed by atoms with van der Waals surface area (Å²) < 4.78 is 5.14. The molecular formula is C10H15NO2. The Kier molecular flexibility index (Phi) is 3.12. The van der Waals surface area contributed by atoms with Crippen LogP contribution in [-0.4, -0.2) is 19.1 Å². The Hall–Kier alpha value is -1.25. The van der Waals surface area contributed by atoms with Crippen LogP contribution >= 0.6 is 0 Å². The van der Waals surface area contributed by atoms with Gasteiger partial charge in [-0.3, -0.25) is 4.79 Å². The molecule has 0 aromatic heterocycles. The normalized spacial score (nSPS) is 21.6. The maximum Gasteiger partial charge on any atom is 0.217 e. The Bertz CT molecular complexity index is 266. The van der Waals surface area contributed by atoms with Crippen LogP contribution in [0, 0.1) is 0 Å². The fourth-order valence-electron chi connectivity index (χ4n) is 1.45. The van der Waals surface area contributed by atoms with Gasteiger partial charge in [0.2, 0.25) is 5.91 Å². The van der Waals surface area contributed by atoms with Crippen molar-refractivity contribution >= 4 is 5.91 Å². The maximum absolute atomic E-state index is 10.8. The van der Waals surface area contributed by atoms with Crippen molar-refractivity contribution in [2.75, 3.05) is 7.11 Å². The van der Waals surface area contributed by atoms with E-state index in [9.17, 15) is 4.79 Å². The van der Waals surface area contributed by atoms with Crippen LogP contribution in [0.2, 0.25) is 0 Å². The van der Waals surface area contributed by atoms with Gasteiger partial charge in [0.1, 0.15) is 5.76 Å². The fourth-order valence-corrected chi connectivity index (χ4v) is 1.45. The molecule has 1 N–H and O–H groups in total. The highest BCUT2D eigenvalue weighted by Crippen LogP contribution is 2.18. The molecule has 13 heavy (non-hydrogen) atoms. The number of methoxy groups -OCH3 is 1. The number of hydrogen-bond acceptors (Lipinski definition) is 2. The summed E-state index contributed by atoms with van der Waals surface area (Å²) in [6.07, 6.45) is 4.82. The summed E-state index contributed by atoms with van der Waals surface area (Å²) in [6.45, 7) is 3.50. The first-order chi connectivity index (χ1) is 6.13. The van der Waals surface area contributed by atoms with Crippen LogP contribution < -0.4 is 5.32 Å². The quantitative estimate of drug-likeness (QED) is 0.698. The Morgan fingerprint density at radius 3 is 2.85 bits per heavy atom. The monoisotopic (exact) mass is 181 g/mol. The molecule has 0 saturated heterocycles. The Morgan fingerprint density at radius 1 is 1.69 bits per heavy atom. The molecule has 3 heteroatoms. The Morgan fingerprint density at radius 2 is 2.38 bits per heavy atom. The molecule has 1 unspecified atom stereocenters. The van der Waals surface area contributed by atoms with E-state index in [1.807, 2.05) is 19.1 Å². The summed E-state index contributed by atoms with van der Waals surface area (Å²) in [5.74, 6) is 0.907. The largest absolute Gasteiger partial charge is 0.497 e. The van der Waals surface area contributed by atoms with Gasteiger partial charge < -0.3 is 10.1 Å². The molecule has 1 rings (SSSR count). The van der Waals surface area contributed by atoms with Gasteiger partial charge in [-0.05, 0) is 25.0 Å². The van der Waals surface area contributed by atoms with Crippen molar-refractivity contribution in [3.8, 4) is 0 Å². The van der Waals surface area contributed by atoms with E-state index in [0.717, 1.165) is 17.8 Å². The van der Waals surface area contributed by atoms with Gasteiger partial charge in [-0.1, -0.05) is 6.08 Å². The minimum absolute atomic E-state index is 0.00307. The van der Waals surface area contributed by atoms with E-state index in [0.29, 0.717) is 0 Å². The van der Waals surface area contributed by atoms with Crippen molar-refractivity contribution in [3.63, 3.8) is 0 Å². The zero-order valence-electron chi connectivity index (χ0n) is 8.26. The second-order valence-electron chi connectivity index (χ2n) is 3.16. The van der Waals surface area contributed by atoms with Gasteiger partial charge in [0.25, 0.3) is 0 Å². The molecule has 1 aliphatic rings. The zero-order valence-corrected chi connectivity index (χ0v) is 8.26. The van der Waals surface area contributed by atoms with Crippen LogP contribution in [0.5, 0.6) is 0 Å². The summed E-state index contributed by atoms with van der Waals surface area (Å²) in [7, 11) is 1.65. The van der Waals surface area contributed by atoms with Crippen LogP contribution in [0.25, 0.3) is 0 Å². The minimum atomic E-state index is 0.00307. The molecule has 72 valence electrons. The SMILES string of the molecule is COC1=CCC(NC(C)=O)C=C1C. The highest BCUT2D eigenvalue weighted by Gasteiger charge is 2.13. The molecule has 0 aliphatic heterocycles. The predicted octanol–water partition coefficient (Wildman–Crippen LogP) is 1.37. The van der Waals surface area contributed by atoms with Crippen molar-refractivity contribution in [1.82, 2.24) is 5.32 Å². The average molecular weight is 181 g/mol. The number of nitrogens with one attached hydrogen (secondary N) is 1. The molecule has 0 saturated carbocycles. The number of carbonyl (C=O) groups excluding carboxylic acids is 1. The third kappa shape index (κ3) is 2.61. The number of allylic oxidation sites excluding steroid dienone is 1. The van der Waals surface area contributed by atoms with Gasteiger partial charge in [0, 0.05) is 6.92 Å². The first kappa shape index (κ1) is 9.84. The van der Waals surface area contributed by atoms with Crippen molar-refractivity contribution in [2.24, 2.45) is 0 Å². The van der Waals surface area contributed by atoms with Crippen LogP contribution in [-0.2, 0) is 9.53 Å². The molecule has 1 aliphatic carbocycles. The Balaban J connectivity index is 2.60. The second kappa shape index (κ2) is 4.12. The first-order valence-corrected chi connectivity index (χ1v) is 4.33. The van der Waals surface area contributed by atoms with Gasteiger partial charge in [-0.2, -0.15) is 0 Å². The van der Waals surface area contributed by atoms with Gasteiger partial charge in [-0.15, -0.1) is 0 Å². The van der Waals surface area contributed by atoms with Gasteiger partial charge in [-0.25, -0.2) is 0 Å². The van der Waals surface area contributed by atoms with Crippen LogP contribution in [0.3, 0.4) is 0 Å². The molecule has 0 radical (unpaired) electrons. The first-order valence-electron chi connectivity index (χ1n) is 4.33. The highest BCUT2D eigenvalue weighted by atomic mass is 16.5. The molecule has 1 atom stereocenters. The summed E-state index contributed by atoms with van der Waals surface area (Å²) in [6, 6.07) is 0.122. The van der Waals surface area contributed by atoms with Crippen LogP contribution in [0.4, 0.5) is 0 Å². The van der Waals surface area contributed by atoms with Crippen molar-refractivity contribution < 1.29 is 9.53 Å². The fraction of sp³-hybridized carbons (Fsp3) is 0.500. The number of rotatable bonds is 2.